The second-order valence-corrected chi connectivity index (χ2v) is 7.87. The smallest absolute Gasteiger partial charge is 0.0709 e. The lowest BCUT2D eigenvalue weighted by Crippen LogP contribution is -2.57. The summed E-state index contributed by atoms with van der Waals surface area (Å²) < 4.78 is 0. The van der Waals surface area contributed by atoms with Gasteiger partial charge in [0.2, 0.25) is 0 Å². The first kappa shape index (κ1) is 11.1. The number of aliphatic hydroxyl groups is 1. The van der Waals surface area contributed by atoms with Crippen LogP contribution in [0.2, 0.25) is 0 Å². The maximum atomic E-state index is 11.1. The Kier molecular flexibility index (Phi) is 1.98. The van der Waals surface area contributed by atoms with Crippen molar-refractivity contribution in [2.45, 2.75) is 65.4 Å². The lowest BCUT2D eigenvalue weighted by atomic mass is 9.52. The molecule has 92 valence electrons. The summed E-state index contributed by atoms with van der Waals surface area (Å²) in [5.41, 5.74) is 0.530. The second kappa shape index (κ2) is 2.85. The van der Waals surface area contributed by atoms with Gasteiger partial charge < -0.3 is 5.11 Å². The molecular weight excluding hydrogens is 196 g/mol. The van der Waals surface area contributed by atoms with Gasteiger partial charge in [-0.25, -0.2) is 0 Å². The Morgan fingerprint density at radius 3 is 2.44 bits per heavy atom. The van der Waals surface area contributed by atoms with Gasteiger partial charge in [0.15, 0.2) is 0 Å². The van der Waals surface area contributed by atoms with E-state index in [-0.39, 0.29) is 5.60 Å². The SMILES string of the molecule is C[C@@H]1CC[C@@H]2[C@H]3C(C)(C)C[C@]2(C)CC[C@@]13O. The van der Waals surface area contributed by atoms with Crippen molar-refractivity contribution in [3.05, 3.63) is 0 Å². The van der Waals surface area contributed by atoms with Crippen LogP contribution >= 0.6 is 0 Å². The highest BCUT2D eigenvalue weighted by atomic mass is 16.3. The van der Waals surface area contributed by atoms with Crippen molar-refractivity contribution in [1.82, 2.24) is 0 Å². The van der Waals surface area contributed by atoms with E-state index in [1.54, 1.807) is 0 Å². The van der Waals surface area contributed by atoms with Gasteiger partial charge in [-0.05, 0) is 60.7 Å². The van der Waals surface area contributed by atoms with Crippen molar-refractivity contribution in [3.63, 3.8) is 0 Å². The third-order valence-corrected chi connectivity index (χ3v) is 6.40. The standard InChI is InChI=1S/C15H26O/c1-10-5-6-11-12-13(2,3)9-14(11,4)7-8-15(10,12)16/h10-12,16H,5-9H2,1-4H3/t10-,11-,12+,14+,15-/m1/s1. The number of hydrogen-bond acceptors (Lipinski definition) is 1. The quantitative estimate of drug-likeness (QED) is 0.664. The van der Waals surface area contributed by atoms with E-state index < -0.39 is 0 Å². The molecule has 4 bridgehead atoms. The molecule has 0 spiro atoms. The minimum absolute atomic E-state index is 0.345. The average molecular weight is 222 g/mol. The largest absolute Gasteiger partial charge is 0.389 e. The van der Waals surface area contributed by atoms with E-state index in [2.05, 4.69) is 27.7 Å². The Balaban J connectivity index is 2.10. The summed E-state index contributed by atoms with van der Waals surface area (Å²) in [6.07, 6.45) is 6.22. The van der Waals surface area contributed by atoms with Gasteiger partial charge in [0, 0.05) is 0 Å². The topological polar surface area (TPSA) is 20.2 Å². The summed E-state index contributed by atoms with van der Waals surface area (Å²) in [7, 11) is 0. The minimum Gasteiger partial charge on any atom is -0.389 e. The van der Waals surface area contributed by atoms with E-state index in [1.807, 2.05) is 0 Å². The third-order valence-electron chi connectivity index (χ3n) is 6.40. The van der Waals surface area contributed by atoms with Gasteiger partial charge in [-0.1, -0.05) is 27.7 Å². The van der Waals surface area contributed by atoms with Crippen molar-refractivity contribution in [2.75, 3.05) is 0 Å². The van der Waals surface area contributed by atoms with Gasteiger partial charge in [-0.2, -0.15) is 0 Å². The Labute approximate surface area is 99.6 Å². The molecule has 0 radical (unpaired) electrons. The molecular formula is C15H26O. The zero-order valence-corrected chi connectivity index (χ0v) is 11.2. The van der Waals surface area contributed by atoms with E-state index in [9.17, 15) is 5.11 Å². The Hall–Kier alpha value is -0.0400. The first-order valence-electron chi connectivity index (χ1n) is 7.02. The van der Waals surface area contributed by atoms with E-state index in [1.165, 1.54) is 25.7 Å². The Morgan fingerprint density at radius 2 is 1.75 bits per heavy atom. The molecule has 0 aliphatic heterocycles. The molecule has 0 heterocycles. The summed E-state index contributed by atoms with van der Waals surface area (Å²) in [5.74, 6) is 1.86. The van der Waals surface area contributed by atoms with Crippen LogP contribution in [0.5, 0.6) is 0 Å². The van der Waals surface area contributed by atoms with E-state index in [0.29, 0.717) is 22.7 Å². The van der Waals surface area contributed by atoms with E-state index in [4.69, 9.17) is 0 Å². The van der Waals surface area contributed by atoms with Crippen LogP contribution in [-0.4, -0.2) is 10.7 Å². The molecule has 0 aromatic carbocycles. The lowest BCUT2D eigenvalue weighted by Gasteiger charge is -2.56. The van der Waals surface area contributed by atoms with Crippen molar-refractivity contribution in [3.8, 4) is 0 Å². The monoisotopic (exact) mass is 222 g/mol. The molecule has 3 fully saturated rings. The molecule has 0 aromatic heterocycles. The normalized spacial score (nSPS) is 58.7. The molecule has 1 N–H and O–H groups in total. The van der Waals surface area contributed by atoms with E-state index >= 15 is 0 Å². The van der Waals surface area contributed by atoms with Crippen LogP contribution in [0, 0.1) is 28.6 Å². The summed E-state index contributed by atoms with van der Waals surface area (Å²) in [6.45, 7) is 9.54. The van der Waals surface area contributed by atoms with Crippen LogP contribution in [0.25, 0.3) is 0 Å². The van der Waals surface area contributed by atoms with Crippen LogP contribution in [0.15, 0.2) is 0 Å². The zero-order valence-electron chi connectivity index (χ0n) is 11.2. The first-order chi connectivity index (χ1) is 7.30. The average Bonchev–Trinajstić information content (AvgIpc) is 2.32. The highest BCUT2D eigenvalue weighted by Crippen LogP contribution is 2.70. The highest BCUT2D eigenvalue weighted by Gasteiger charge is 2.67. The van der Waals surface area contributed by atoms with Gasteiger partial charge in [0.05, 0.1) is 5.60 Å². The molecule has 16 heavy (non-hydrogen) atoms. The van der Waals surface area contributed by atoms with Crippen molar-refractivity contribution in [2.24, 2.45) is 28.6 Å². The lowest BCUT2D eigenvalue weighted by molar-refractivity contribution is -0.168. The van der Waals surface area contributed by atoms with Crippen molar-refractivity contribution >= 4 is 0 Å². The predicted molar refractivity (Wildman–Crippen MR) is 66.1 cm³/mol. The van der Waals surface area contributed by atoms with Crippen LogP contribution < -0.4 is 0 Å². The fourth-order valence-corrected chi connectivity index (χ4v) is 5.92. The summed E-state index contributed by atoms with van der Waals surface area (Å²) in [6, 6.07) is 0. The molecule has 3 saturated carbocycles. The van der Waals surface area contributed by atoms with Crippen LogP contribution in [0.3, 0.4) is 0 Å². The first-order valence-corrected chi connectivity index (χ1v) is 7.02. The fourth-order valence-electron chi connectivity index (χ4n) is 5.92. The fraction of sp³-hybridized carbons (Fsp3) is 1.00. The van der Waals surface area contributed by atoms with Gasteiger partial charge in [0.1, 0.15) is 0 Å². The second-order valence-electron chi connectivity index (χ2n) is 7.87. The molecule has 0 amide bonds. The third kappa shape index (κ3) is 1.11. The molecule has 3 aliphatic rings. The number of hydrogen-bond donors (Lipinski definition) is 1. The Morgan fingerprint density at radius 1 is 1.06 bits per heavy atom. The number of rotatable bonds is 0. The molecule has 0 aromatic rings. The molecule has 3 aliphatic carbocycles. The maximum Gasteiger partial charge on any atom is 0.0709 e. The summed E-state index contributed by atoms with van der Waals surface area (Å²) in [4.78, 5) is 0. The van der Waals surface area contributed by atoms with Gasteiger partial charge >= 0.3 is 0 Å². The van der Waals surface area contributed by atoms with Crippen molar-refractivity contribution < 1.29 is 5.11 Å². The predicted octanol–water partition coefficient (Wildman–Crippen LogP) is 3.61. The van der Waals surface area contributed by atoms with Crippen LogP contribution in [0.4, 0.5) is 0 Å². The Bertz CT molecular complexity index is 321. The molecule has 3 rings (SSSR count). The summed E-state index contributed by atoms with van der Waals surface area (Å²) in [5, 5.41) is 11.1. The maximum absolute atomic E-state index is 11.1. The van der Waals surface area contributed by atoms with Gasteiger partial charge in [0.25, 0.3) is 0 Å². The van der Waals surface area contributed by atoms with E-state index in [0.717, 1.165) is 12.3 Å². The van der Waals surface area contributed by atoms with Gasteiger partial charge in [-0.15, -0.1) is 0 Å². The van der Waals surface area contributed by atoms with Gasteiger partial charge in [-0.3, -0.25) is 0 Å². The van der Waals surface area contributed by atoms with Crippen molar-refractivity contribution in [1.29, 1.82) is 0 Å². The summed E-state index contributed by atoms with van der Waals surface area (Å²) >= 11 is 0. The minimum atomic E-state index is -0.345. The molecule has 1 nitrogen and oxygen atoms in total. The highest BCUT2D eigenvalue weighted by molar-refractivity contribution is 5.16. The molecule has 0 saturated heterocycles. The molecule has 1 heteroatoms. The van der Waals surface area contributed by atoms with Crippen LogP contribution in [-0.2, 0) is 0 Å². The molecule has 5 atom stereocenters. The molecule has 0 unspecified atom stereocenters. The zero-order chi connectivity index (χ0) is 11.8. The van der Waals surface area contributed by atoms with Crippen LogP contribution in [0.1, 0.15) is 59.8 Å².